The van der Waals surface area contributed by atoms with Crippen LogP contribution in [0.2, 0.25) is 11.6 Å². The molecule has 3 N–H and O–H groups in total. The number of carboxylic acid groups (broad SMARTS) is 1. The highest BCUT2D eigenvalue weighted by Gasteiger charge is 2.45. The van der Waals surface area contributed by atoms with Gasteiger partial charge in [0.15, 0.2) is 4.90 Å². The molecule has 0 bridgehead atoms. The molecule has 15 nitrogen and oxygen atoms in total. The number of nitro groups is 1. The number of para-hydroxylation sites is 1. The van der Waals surface area contributed by atoms with E-state index in [1.807, 2.05) is 27.3 Å². The number of hydrazine groups is 1. The Morgan fingerprint density at radius 3 is 2.24 bits per heavy atom. The Labute approximate surface area is 266 Å². The molecule has 1 rings (SSSR count). The van der Waals surface area contributed by atoms with Gasteiger partial charge in [-0.1, -0.05) is 39.8 Å². The zero-order valence-corrected chi connectivity index (χ0v) is 29.5. The van der Waals surface area contributed by atoms with Gasteiger partial charge in [-0.15, -0.1) is 0 Å². The molecule has 0 aliphatic carbocycles. The Balaban J connectivity index is 3.24. The number of aliphatic carboxylic acids is 1. The van der Waals surface area contributed by atoms with Crippen LogP contribution in [0, 0.1) is 10.1 Å². The molecule has 0 aliphatic rings. The molecular weight excluding hydrogens is 626 g/mol. The van der Waals surface area contributed by atoms with Crippen molar-refractivity contribution in [1.29, 1.82) is 0 Å². The van der Waals surface area contributed by atoms with Crippen LogP contribution in [-0.4, -0.2) is 98.6 Å². The second-order valence-corrected chi connectivity index (χ2v) is 19.4. The first-order valence-electron chi connectivity index (χ1n) is 14.6. The number of carboxylic acids is 1. The molecular formula is C28H49N5O10SSi. The largest absolute Gasteiger partial charge is 0.480 e. The van der Waals surface area contributed by atoms with Crippen molar-refractivity contribution in [2.45, 2.75) is 95.9 Å². The summed E-state index contributed by atoms with van der Waals surface area (Å²) >= 11 is 0. The van der Waals surface area contributed by atoms with Crippen molar-refractivity contribution in [3.05, 3.63) is 34.4 Å². The Kier molecular flexibility index (Phi) is 14.6. The van der Waals surface area contributed by atoms with Gasteiger partial charge < -0.3 is 19.6 Å². The van der Waals surface area contributed by atoms with Crippen LogP contribution in [-0.2, 0) is 28.8 Å². The summed E-state index contributed by atoms with van der Waals surface area (Å²) in [6.45, 7) is 14.3. The summed E-state index contributed by atoms with van der Waals surface area (Å²) in [5, 5.41) is 24.0. The van der Waals surface area contributed by atoms with Gasteiger partial charge in [0.05, 0.1) is 17.4 Å². The van der Waals surface area contributed by atoms with E-state index in [1.54, 1.807) is 27.7 Å². The zero-order valence-electron chi connectivity index (χ0n) is 27.7. The molecule has 2 amide bonds. The third-order valence-corrected chi connectivity index (χ3v) is 13.9. The van der Waals surface area contributed by atoms with E-state index in [2.05, 4.69) is 10.7 Å². The molecule has 45 heavy (non-hydrogen) atoms. The summed E-state index contributed by atoms with van der Waals surface area (Å²) in [7, 11) is -5.69. The van der Waals surface area contributed by atoms with Gasteiger partial charge >= 0.3 is 12.1 Å². The van der Waals surface area contributed by atoms with Crippen molar-refractivity contribution in [3.8, 4) is 0 Å². The maximum Gasteiger partial charge on any atom is 0.407 e. The lowest BCUT2D eigenvalue weighted by Gasteiger charge is -2.42. The SMILES string of the molecule is CCN(CCC[C@H](CC(=O)NN(C)CC(=O)O)O[Si](C)(CNC(=O)OC(C)(C)C)C(C)(C)C)S(=O)(=O)c1ccccc1[N+](=O)[O-]. The standard InChI is InChI=1S/C28H49N5O10SSi/c1-10-32(44(40,41)23-16-12-11-15-22(23)33(38)39)17-13-14-21(18-24(34)30-31(8)19-25(35)36)43-45(9,28(5,6)7)20-29-26(37)42-27(2,3)4/h11-12,15-16,21H,10,13-14,17-20H2,1-9H3,(H,29,37)(H,30,34)(H,35,36)/t21-,45?/m1/s1. The number of nitrogens with one attached hydrogen (secondary N) is 2. The Bertz CT molecular complexity index is 1300. The van der Waals surface area contributed by atoms with Gasteiger partial charge in [-0.3, -0.25) is 25.1 Å². The number of carbonyl (C=O) groups excluding carboxylic acids is 2. The predicted molar refractivity (Wildman–Crippen MR) is 170 cm³/mol. The predicted octanol–water partition coefficient (Wildman–Crippen LogP) is 3.65. The number of ether oxygens (including phenoxy) is 1. The first-order valence-corrected chi connectivity index (χ1v) is 18.7. The van der Waals surface area contributed by atoms with Gasteiger partial charge in [-0.2, -0.15) is 4.31 Å². The van der Waals surface area contributed by atoms with Crippen molar-refractivity contribution in [1.82, 2.24) is 20.1 Å². The smallest absolute Gasteiger partial charge is 0.407 e. The highest BCUT2D eigenvalue weighted by Crippen LogP contribution is 2.38. The fourth-order valence-electron chi connectivity index (χ4n) is 4.23. The van der Waals surface area contributed by atoms with Crippen molar-refractivity contribution < 1.29 is 42.0 Å². The van der Waals surface area contributed by atoms with Crippen molar-refractivity contribution in [3.63, 3.8) is 0 Å². The molecule has 1 unspecified atom stereocenters. The second-order valence-electron chi connectivity index (χ2n) is 12.9. The van der Waals surface area contributed by atoms with E-state index >= 15 is 0 Å². The molecule has 0 radical (unpaired) electrons. The van der Waals surface area contributed by atoms with Crippen molar-refractivity contribution >= 4 is 42.0 Å². The molecule has 0 fully saturated rings. The number of carbonyl (C=O) groups is 3. The molecule has 0 spiro atoms. The van der Waals surface area contributed by atoms with Crippen LogP contribution in [0.15, 0.2) is 29.2 Å². The summed E-state index contributed by atoms with van der Waals surface area (Å²) in [5.41, 5.74) is 1.27. The minimum atomic E-state index is -4.21. The van der Waals surface area contributed by atoms with E-state index in [0.717, 1.165) is 15.4 Å². The number of rotatable bonds is 17. The van der Waals surface area contributed by atoms with Gasteiger partial charge in [0.2, 0.25) is 24.2 Å². The van der Waals surface area contributed by atoms with Crippen molar-refractivity contribution in [2.24, 2.45) is 0 Å². The van der Waals surface area contributed by atoms with E-state index in [-0.39, 0.29) is 38.5 Å². The van der Waals surface area contributed by atoms with Crippen LogP contribution in [0.5, 0.6) is 0 Å². The third-order valence-electron chi connectivity index (χ3n) is 7.05. The zero-order chi connectivity index (χ0) is 34.8. The lowest BCUT2D eigenvalue weighted by molar-refractivity contribution is -0.387. The number of hydrogen-bond donors (Lipinski definition) is 3. The summed E-state index contributed by atoms with van der Waals surface area (Å²) in [5.74, 6) is -1.64. The van der Waals surface area contributed by atoms with E-state index in [4.69, 9.17) is 14.3 Å². The number of nitrogens with zero attached hydrogens (tertiary/aromatic N) is 3. The highest BCUT2D eigenvalue weighted by atomic mass is 32.2. The van der Waals surface area contributed by atoms with Crippen LogP contribution < -0.4 is 10.7 Å². The fraction of sp³-hybridized carbons (Fsp3) is 0.679. The number of sulfonamides is 1. The van der Waals surface area contributed by atoms with Gasteiger partial charge in [0, 0.05) is 32.4 Å². The summed E-state index contributed by atoms with van der Waals surface area (Å²) in [4.78, 5) is 46.8. The minimum Gasteiger partial charge on any atom is -0.480 e. The maximum absolute atomic E-state index is 13.4. The summed E-state index contributed by atoms with van der Waals surface area (Å²) in [6, 6.07) is 5.13. The molecule has 0 aromatic heterocycles. The molecule has 1 aromatic carbocycles. The van der Waals surface area contributed by atoms with Gasteiger partial charge in [0.1, 0.15) is 12.1 Å². The number of benzene rings is 1. The molecule has 256 valence electrons. The first kappa shape index (κ1) is 39.9. The molecule has 17 heteroatoms. The van der Waals surface area contributed by atoms with E-state index in [1.165, 1.54) is 25.2 Å². The monoisotopic (exact) mass is 675 g/mol. The molecule has 0 saturated carbocycles. The number of hydrogen-bond acceptors (Lipinski definition) is 10. The Morgan fingerprint density at radius 1 is 1.13 bits per heavy atom. The summed E-state index contributed by atoms with van der Waals surface area (Å²) < 4.78 is 40.0. The quantitative estimate of drug-likeness (QED) is 0.124. The Morgan fingerprint density at radius 2 is 1.73 bits per heavy atom. The number of nitro benzene ring substituents is 1. The molecule has 2 atom stereocenters. The van der Waals surface area contributed by atoms with Crippen LogP contribution in [0.3, 0.4) is 0 Å². The molecule has 0 aliphatic heterocycles. The summed E-state index contributed by atoms with van der Waals surface area (Å²) in [6.07, 6.45) is -0.882. The van der Waals surface area contributed by atoms with Crippen LogP contribution in [0.25, 0.3) is 0 Å². The number of likely N-dealkylation sites (N-methyl/N-ethyl adjacent to an activating group) is 1. The topological polar surface area (TPSA) is 198 Å². The van der Waals surface area contributed by atoms with E-state index < -0.39 is 75.1 Å². The van der Waals surface area contributed by atoms with Crippen molar-refractivity contribution in [2.75, 3.05) is 32.8 Å². The normalized spacial score (nSPS) is 14.5. The van der Waals surface area contributed by atoms with Gasteiger partial charge in [-0.05, 0) is 51.3 Å². The molecule has 0 saturated heterocycles. The number of amides is 2. The lowest BCUT2D eigenvalue weighted by Crippen LogP contribution is -2.56. The van der Waals surface area contributed by atoms with Crippen LogP contribution in [0.1, 0.15) is 67.7 Å². The number of alkyl carbamates (subject to hydrolysis) is 1. The lowest BCUT2D eigenvalue weighted by atomic mass is 10.1. The Hall–Kier alpha value is -3.12. The van der Waals surface area contributed by atoms with Crippen LogP contribution >= 0.6 is 0 Å². The minimum absolute atomic E-state index is 0.00474. The highest BCUT2D eigenvalue weighted by molar-refractivity contribution is 7.89. The average Bonchev–Trinajstić information content (AvgIpc) is 2.87. The van der Waals surface area contributed by atoms with E-state index in [0.29, 0.717) is 0 Å². The van der Waals surface area contributed by atoms with E-state index in [9.17, 15) is 32.9 Å². The molecule has 0 heterocycles. The first-order chi connectivity index (χ1) is 20.5. The fourth-order valence-corrected chi connectivity index (χ4v) is 8.26. The van der Waals surface area contributed by atoms with Gasteiger partial charge in [-0.25, -0.2) is 18.2 Å². The van der Waals surface area contributed by atoms with Crippen LogP contribution in [0.4, 0.5) is 10.5 Å². The maximum atomic E-state index is 13.4. The third kappa shape index (κ3) is 13.0. The average molecular weight is 676 g/mol. The molecule has 1 aromatic rings. The van der Waals surface area contributed by atoms with Gasteiger partial charge in [0.25, 0.3) is 5.69 Å². The second kappa shape index (κ2) is 16.4.